The Hall–Kier alpha value is -1.05. The predicted octanol–water partition coefficient (Wildman–Crippen LogP) is 2.42. The van der Waals surface area contributed by atoms with E-state index < -0.39 is 0 Å². The van der Waals surface area contributed by atoms with Crippen LogP contribution < -0.4 is 0 Å². The van der Waals surface area contributed by atoms with E-state index in [0.717, 1.165) is 12.0 Å². The highest BCUT2D eigenvalue weighted by atomic mass is 16.5. The van der Waals surface area contributed by atoms with Crippen molar-refractivity contribution in [1.29, 1.82) is 0 Å². The zero-order valence-corrected chi connectivity index (χ0v) is 7.54. The molecule has 12 heavy (non-hydrogen) atoms. The summed E-state index contributed by atoms with van der Waals surface area (Å²) in [5.41, 5.74) is 0.973. The quantitative estimate of drug-likeness (QED) is 0.602. The van der Waals surface area contributed by atoms with E-state index in [4.69, 9.17) is 0 Å². The molecule has 1 aliphatic heterocycles. The number of rotatable bonds is 3. The van der Waals surface area contributed by atoms with Crippen LogP contribution in [0.25, 0.3) is 0 Å². The number of allylic oxidation sites excluding steroid dienone is 2. The smallest absolute Gasteiger partial charge is 0.315 e. The van der Waals surface area contributed by atoms with Crippen molar-refractivity contribution in [2.24, 2.45) is 5.92 Å². The van der Waals surface area contributed by atoms with Gasteiger partial charge in [0.05, 0.1) is 12.7 Å². The second kappa shape index (κ2) is 4.10. The summed E-state index contributed by atoms with van der Waals surface area (Å²) in [6.45, 7) is 4.32. The predicted molar refractivity (Wildman–Crippen MR) is 47.4 cm³/mol. The van der Waals surface area contributed by atoms with Crippen molar-refractivity contribution in [2.45, 2.75) is 26.7 Å². The molecule has 0 spiro atoms. The molecule has 0 radical (unpaired) electrons. The highest BCUT2D eigenvalue weighted by Gasteiger charge is 2.11. The fraction of sp³-hybridized carbons (Fsp3) is 0.500. The van der Waals surface area contributed by atoms with E-state index in [2.05, 4.69) is 24.7 Å². The molecule has 1 heterocycles. The first-order valence-corrected chi connectivity index (χ1v) is 4.23. The molecule has 0 aromatic heterocycles. The van der Waals surface area contributed by atoms with Gasteiger partial charge in [0.25, 0.3) is 0 Å². The highest BCUT2D eigenvalue weighted by Crippen LogP contribution is 2.13. The van der Waals surface area contributed by atoms with Crippen molar-refractivity contribution in [3.63, 3.8) is 0 Å². The summed E-state index contributed by atoms with van der Waals surface area (Å²) in [4.78, 5) is 10.6. The summed E-state index contributed by atoms with van der Waals surface area (Å²) in [5, 5.41) is 0. The minimum absolute atomic E-state index is 0.154. The standard InChI is InChI=1S/C10H14O2/c1-8(2)4-3-5-9-6-10(11)12-7-9/h3,5,7-8H,4,6H2,1-2H3/b5-3+. The highest BCUT2D eigenvalue weighted by molar-refractivity contribution is 5.76. The maximum atomic E-state index is 10.6. The lowest BCUT2D eigenvalue weighted by Gasteiger charge is -1.95. The van der Waals surface area contributed by atoms with Gasteiger partial charge in [0.15, 0.2) is 0 Å². The largest absolute Gasteiger partial charge is 0.434 e. The van der Waals surface area contributed by atoms with Gasteiger partial charge in [-0.3, -0.25) is 4.79 Å². The molecule has 2 nitrogen and oxygen atoms in total. The van der Waals surface area contributed by atoms with Gasteiger partial charge < -0.3 is 4.74 Å². The van der Waals surface area contributed by atoms with Crippen molar-refractivity contribution < 1.29 is 9.53 Å². The summed E-state index contributed by atoms with van der Waals surface area (Å²) in [7, 11) is 0. The molecule has 1 aliphatic rings. The van der Waals surface area contributed by atoms with E-state index in [1.165, 1.54) is 6.26 Å². The lowest BCUT2D eigenvalue weighted by molar-refractivity contribution is -0.135. The lowest BCUT2D eigenvalue weighted by atomic mass is 10.1. The SMILES string of the molecule is CC(C)C/C=C/C1=COC(=O)C1. The van der Waals surface area contributed by atoms with Gasteiger partial charge in [0.2, 0.25) is 0 Å². The molecule has 0 atom stereocenters. The van der Waals surface area contributed by atoms with Gasteiger partial charge >= 0.3 is 5.97 Å². The van der Waals surface area contributed by atoms with Crippen LogP contribution in [-0.2, 0) is 9.53 Å². The Morgan fingerprint density at radius 1 is 1.67 bits per heavy atom. The van der Waals surface area contributed by atoms with Crippen LogP contribution in [-0.4, -0.2) is 5.97 Å². The van der Waals surface area contributed by atoms with Gasteiger partial charge in [0, 0.05) is 0 Å². The summed E-state index contributed by atoms with van der Waals surface area (Å²) in [6.07, 6.45) is 7.04. The van der Waals surface area contributed by atoms with Crippen molar-refractivity contribution in [2.75, 3.05) is 0 Å². The first-order valence-electron chi connectivity index (χ1n) is 4.23. The van der Waals surface area contributed by atoms with E-state index in [0.29, 0.717) is 12.3 Å². The second-order valence-corrected chi connectivity index (χ2v) is 3.39. The molecule has 2 heteroatoms. The second-order valence-electron chi connectivity index (χ2n) is 3.39. The van der Waals surface area contributed by atoms with E-state index in [-0.39, 0.29) is 5.97 Å². The summed E-state index contributed by atoms with van der Waals surface area (Å²) < 4.78 is 4.67. The van der Waals surface area contributed by atoms with Crippen molar-refractivity contribution in [1.82, 2.24) is 0 Å². The Morgan fingerprint density at radius 2 is 2.42 bits per heavy atom. The molecule has 0 saturated heterocycles. The molecule has 0 saturated carbocycles. The molecular weight excluding hydrogens is 152 g/mol. The fourth-order valence-corrected chi connectivity index (χ4v) is 0.981. The van der Waals surface area contributed by atoms with Crippen molar-refractivity contribution >= 4 is 5.97 Å². The van der Waals surface area contributed by atoms with Crippen LogP contribution in [0.4, 0.5) is 0 Å². The minimum Gasteiger partial charge on any atom is -0.434 e. The fourth-order valence-electron chi connectivity index (χ4n) is 0.981. The van der Waals surface area contributed by atoms with E-state index in [1.807, 2.05) is 6.08 Å². The van der Waals surface area contributed by atoms with Gasteiger partial charge in [-0.15, -0.1) is 0 Å². The Kier molecular flexibility index (Phi) is 3.09. The number of hydrogen-bond donors (Lipinski definition) is 0. The van der Waals surface area contributed by atoms with Crippen LogP contribution >= 0.6 is 0 Å². The van der Waals surface area contributed by atoms with Crippen molar-refractivity contribution in [3.8, 4) is 0 Å². The average Bonchev–Trinajstić information content (AvgIpc) is 2.35. The molecule has 0 amide bonds. The Bertz CT molecular complexity index is 224. The maximum Gasteiger partial charge on any atom is 0.315 e. The molecular formula is C10H14O2. The van der Waals surface area contributed by atoms with E-state index in [9.17, 15) is 4.79 Å². The zero-order chi connectivity index (χ0) is 8.97. The van der Waals surface area contributed by atoms with Gasteiger partial charge in [-0.1, -0.05) is 26.0 Å². The van der Waals surface area contributed by atoms with E-state index >= 15 is 0 Å². The van der Waals surface area contributed by atoms with Crippen LogP contribution in [0.2, 0.25) is 0 Å². The maximum absolute atomic E-state index is 10.6. The topological polar surface area (TPSA) is 26.3 Å². The summed E-state index contributed by atoms with van der Waals surface area (Å²) >= 11 is 0. The Morgan fingerprint density at radius 3 is 2.92 bits per heavy atom. The molecule has 0 aliphatic carbocycles. The molecule has 0 unspecified atom stereocenters. The molecule has 1 rings (SSSR count). The first kappa shape index (κ1) is 9.04. The normalized spacial score (nSPS) is 17.2. The third kappa shape index (κ3) is 2.91. The molecule has 0 fully saturated rings. The Balaban J connectivity index is 2.32. The van der Waals surface area contributed by atoms with Gasteiger partial charge in [-0.05, 0) is 17.9 Å². The average molecular weight is 166 g/mol. The molecule has 0 aromatic rings. The van der Waals surface area contributed by atoms with Crippen LogP contribution in [0.15, 0.2) is 24.0 Å². The molecule has 0 bridgehead atoms. The molecule has 0 N–H and O–H groups in total. The number of ether oxygens (including phenoxy) is 1. The summed E-state index contributed by atoms with van der Waals surface area (Å²) in [5.74, 6) is 0.513. The van der Waals surface area contributed by atoms with Gasteiger partial charge in [-0.25, -0.2) is 0 Å². The lowest BCUT2D eigenvalue weighted by Crippen LogP contribution is -1.89. The third-order valence-electron chi connectivity index (χ3n) is 1.63. The van der Waals surface area contributed by atoms with Crippen molar-refractivity contribution in [3.05, 3.63) is 24.0 Å². The summed E-state index contributed by atoms with van der Waals surface area (Å²) in [6, 6.07) is 0. The van der Waals surface area contributed by atoms with Gasteiger partial charge in [0.1, 0.15) is 0 Å². The van der Waals surface area contributed by atoms with Crippen LogP contribution in [0, 0.1) is 5.92 Å². The number of carbonyl (C=O) groups excluding carboxylic acids is 1. The number of hydrogen-bond acceptors (Lipinski definition) is 2. The van der Waals surface area contributed by atoms with Crippen LogP contribution in [0.5, 0.6) is 0 Å². The van der Waals surface area contributed by atoms with Crippen LogP contribution in [0.1, 0.15) is 26.7 Å². The number of cyclic esters (lactones) is 1. The van der Waals surface area contributed by atoms with E-state index in [1.54, 1.807) is 0 Å². The number of carbonyl (C=O) groups is 1. The Labute approximate surface area is 72.9 Å². The van der Waals surface area contributed by atoms with Gasteiger partial charge in [-0.2, -0.15) is 0 Å². The zero-order valence-electron chi connectivity index (χ0n) is 7.54. The third-order valence-corrected chi connectivity index (χ3v) is 1.63. The minimum atomic E-state index is -0.154. The number of esters is 1. The van der Waals surface area contributed by atoms with Crippen LogP contribution in [0.3, 0.4) is 0 Å². The molecule has 66 valence electrons. The first-order chi connectivity index (χ1) is 5.68. The monoisotopic (exact) mass is 166 g/mol. The molecule has 0 aromatic carbocycles.